The molecule has 1 unspecified atom stereocenters. The summed E-state index contributed by atoms with van der Waals surface area (Å²) in [5, 5.41) is 2.67. The normalized spacial score (nSPS) is 13.7. The molecule has 120 valence electrons. The lowest BCUT2D eigenvalue weighted by atomic mass is 10.1. The van der Waals surface area contributed by atoms with Gasteiger partial charge in [-0.2, -0.15) is 8.78 Å². The molecule has 1 rings (SSSR count). The summed E-state index contributed by atoms with van der Waals surface area (Å²) in [5.74, 6) is -5.51. The van der Waals surface area contributed by atoms with Gasteiger partial charge in [0.05, 0.1) is 6.61 Å². The maximum atomic E-state index is 13.4. The number of halogens is 6. The van der Waals surface area contributed by atoms with Crippen LogP contribution in [0.1, 0.15) is 5.56 Å². The third-order valence-electron chi connectivity index (χ3n) is 2.82. The Labute approximate surface area is 118 Å². The van der Waals surface area contributed by atoms with Crippen molar-refractivity contribution in [2.24, 2.45) is 0 Å². The van der Waals surface area contributed by atoms with Gasteiger partial charge in [-0.15, -0.1) is 0 Å². The van der Waals surface area contributed by atoms with Gasteiger partial charge in [-0.3, -0.25) is 0 Å². The smallest absolute Gasteiger partial charge is 0.330 e. The predicted octanol–water partition coefficient (Wildman–Crippen LogP) is 3.01. The van der Waals surface area contributed by atoms with Crippen molar-refractivity contribution < 1.29 is 31.1 Å². The minimum absolute atomic E-state index is 0.0274. The molecule has 0 fully saturated rings. The van der Waals surface area contributed by atoms with E-state index in [0.717, 1.165) is 18.2 Å². The molecule has 1 atom stereocenters. The third-order valence-corrected chi connectivity index (χ3v) is 2.82. The third kappa shape index (κ3) is 5.55. The van der Waals surface area contributed by atoms with Gasteiger partial charge in [-0.1, -0.05) is 0 Å². The number of rotatable bonds is 8. The Morgan fingerprint density at radius 1 is 1.24 bits per heavy atom. The highest BCUT2D eigenvalue weighted by Gasteiger charge is 2.41. The standard InChI is InChI=1S/C13H15F6NO/c1-20-10(6-21-7-13(18,19)12(16)17)5-8-4-9(14)2-3-11(8)15/h2-4,10,12,20H,5-7H2,1H3. The second-order valence-corrected chi connectivity index (χ2v) is 4.50. The average molecular weight is 315 g/mol. The summed E-state index contributed by atoms with van der Waals surface area (Å²) in [7, 11) is 1.47. The van der Waals surface area contributed by atoms with Crippen molar-refractivity contribution in [3.63, 3.8) is 0 Å². The second-order valence-electron chi connectivity index (χ2n) is 4.50. The molecule has 0 aliphatic heterocycles. The van der Waals surface area contributed by atoms with E-state index in [2.05, 4.69) is 10.1 Å². The van der Waals surface area contributed by atoms with Crippen molar-refractivity contribution >= 4 is 0 Å². The maximum Gasteiger partial charge on any atom is 0.330 e. The zero-order chi connectivity index (χ0) is 16.0. The van der Waals surface area contributed by atoms with Crippen molar-refractivity contribution in [3.8, 4) is 0 Å². The molecular formula is C13H15F6NO. The van der Waals surface area contributed by atoms with Crippen molar-refractivity contribution in [1.29, 1.82) is 0 Å². The summed E-state index contributed by atoms with van der Waals surface area (Å²) in [4.78, 5) is 0. The fourth-order valence-electron chi connectivity index (χ4n) is 1.61. The Morgan fingerprint density at radius 2 is 1.90 bits per heavy atom. The molecule has 0 radical (unpaired) electrons. The Balaban J connectivity index is 2.54. The number of ether oxygens (including phenoxy) is 1. The van der Waals surface area contributed by atoms with Gasteiger partial charge in [0.1, 0.15) is 18.2 Å². The summed E-state index contributed by atoms with van der Waals surface area (Å²) in [6, 6.07) is 2.26. The lowest BCUT2D eigenvalue weighted by Gasteiger charge is -2.20. The quantitative estimate of drug-likeness (QED) is 0.745. The summed E-state index contributed by atoms with van der Waals surface area (Å²) in [6.07, 6.45) is -3.84. The Kier molecular flexibility index (Phi) is 6.47. The van der Waals surface area contributed by atoms with Crippen molar-refractivity contribution in [2.75, 3.05) is 20.3 Å². The van der Waals surface area contributed by atoms with Gasteiger partial charge < -0.3 is 10.1 Å². The number of hydrogen-bond acceptors (Lipinski definition) is 2. The van der Waals surface area contributed by atoms with E-state index in [9.17, 15) is 26.3 Å². The van der Waals surface area contributed by atoms with E-state index < -0.39 is 36.6 Å². The fraction of sp³-hybridized carbons (Fsp3) is 0.538. The second kappa shape index (κ2) is 7.65. The topological polar surface area (TPSA) is 21.3 Å². The molecule has 0 aliphatic rings. The van der Waals surface area contributed by atoms with Gasteiger partial charge in [-0.25, -0.2) is 17.6 Å². The van der Waals surface area contributed by atoms with Crippen LogP contribution < -0.4 is 5.32 Å². The van der Waals surface area contributed by atoms with Gasteiger partial charge in [0.15, 0.2) is 0 Å². The zero-order valence-corrected chi connectivity index (χ0v) is 11.2. The monoisotopic (exact) mass is 315 g/mol. The number of nitrogens with one attached hydrogen (secondary N) is 1. The molecule has 0 aliphatic carbocycles. The first-order valence-electron chi connectivity index (χ1n) is 6.11. The minimum atomic E-state index is -4.23. The molecule has 0 amide bonds. The summed E-state index contributed by atoms with van der Waals surface area (Å²) >= 11 is 0. The van der Waals surface area contributed by atoms with Crippen molar-refractivity contribution in [3.05, 3.63) is 35.4 Å². The lowest BCUT2D eigenvalue weighted by Crippen LogP contribution is -2.37. The lowest BCUT2D eigenvalue weighted by molar-refractivity contribution is -0.166. The minimum Gasteiger partial charge on any atom is -0.373 e. The summed E-state index contributed by atoms with van der Waals surface area (Å²) < 4.78 is 80.1. The molecule has 1 N–H and O–H groups in total. The molecule has 0 aromatic heterocycles. The number of alkyl halides is 4. The van der Waals surface area contributed by atoms with E-state index >= 15 is 0 Å². The Bertz CT molecular complexity index is 454. The average Bonchev–Trinajstić information content (AvgIpc) is 2.41. The van der Waals surface area contributed by atoms with Crippen LogP contribution in [0.4, 0.5) is 26.3 Å². The van der Waals surface area contributed by atoms with Gasteiger partial charge in [0.2, 0.25) is 0 Å². The molecule has 1 aromatic rings. The first kappa shape index (κ1) is 17.8. The molecule has 8 heteroatoms. The first-order chi connectivity index (χ1) is 9.76. The largest absolute Gasteiger partial charge is 0.373 e. The highest BCUT2D eigenvalue weighted by atomic mass is 19.3. The van der Waals surface area contributed by atoms with Crippen LogP contribution in [0, 0.1) is 11.6 Å². The van der Waals surface area contributed by atoms with Crippen LogP contribution in [0.15, 0.2) is 18.2 Å². The predicted molar refractivity (Wildman–Crippen MR) is 64.7 cm³/mol. The number of benzene rings is 1. The van der Waals surface area contributed by atoms with E-state index in [1.165, 1.54) is 7.05 Å². The van der Waals surface area contributed by atoms with Crippen LogP contribution in [0.5, 0.6) is 0 Å². The molecule has 2 nitrogen and oxygen atoms in total. The van der Waals surface area contributed by atoms with E-state index in [1.807, 2.05) is 0 Å². The number of hydrogen-bond donors (Lipinski definition) is 1. The zero-order valence-electron chi connectivity index (χ0n) is 11.2. The first-order valence-corrected chi connectivity index (χ1v) is 6.11. The van der Waals surface area contributed by atoms with E-state index in [4.69, 9.17) is 0 Å². The molecular weight excluding hydrogens is 300 g/mol. The van der Waals surface area contributed by atoms with Crippen LogP contribution in [-0.4, -0.2) is 38.7 Å². The van der Waals surface area contributed by atoms with Crippen molar-refractivity contribution in [2.45, 2.75) is 24.8 Å². The highest BCUT2D eigenvalue weighted by Crippen LogP contribution is 2.23. The Hall–Kier alpha value is -1.28. The maximum absolute atomic E-state index is 13.4. The van der Waals surface area contributed by atoms with Crippen LogP contribution in [0.3, 0.4) is 0 Å². The SMILES string of the molecule is CNC(COCC(F)(F)C(F)F)Cc1cc(F)ccc1F. The van der Waals surface area contributed by atoms with Crippen LogP contribution in [0.25, 0.3) is 0 Å². The molecule has 0 heterocycles. The van der Waals surface area contributed by atoms with Gasteiger partial charge in [0.25, 0.3) is 0 Å². The van der Waals surface area contributed by atoms with E-state index in [1.54, 1.807) is 0 Å². The molecule has 0 saturated carbocycles. The van der Waals surface area contributed by atoms with E-state index in [-0.39, 0.29) is 18.6 Å². The van der Waals surface area contributed by atoms with Gasteiger partial charge >= 0.3 is 12.3 Å². The van der Waals surface area contributed by atoms with Gasteiger partial charge in [0, 0.05) is 6.04 Å². The fourth-order valence-corrected chi connectivity index (χ4v) is 1.61. The molecule has 1 aromatic carbocycles. The van der Waals surface area contributed by atoms with Gasteiger partial charge in [-0.05, 0) is 37.2 Å². The molecule has 0 spiro atoms. The van der Waals surface area contributed by atoms with Crippen LogP contribution >= 0.6 is 0 Å². The van der Waals surface area contributed by atoms with E-state index in [0.29, 0.717) is 0 Å². The summed E-state index contributed by atoms with van der Waals surface area (Å²) in [5.41, 5.74) is 0.0403. The number of likely N-dealkylation sites (N-methyl/N-ethyl adjacent to an activating group) is 1. The molecule has 0 bridgehead atoms. The van der Waals surface area contributed by atoms with Crippen LogP contribution in [-0.2, 0) is 11.2 Å². The van der Waals surface area contributed by atoms with Crippen molar-refractivity contribution in [1.82, 2.24) is 5.32 Å². The molecule has 0 saturated heterocycles. The highest BCUT2D eigenvalue weighted by molar-refractivity contribution is 5.19. The van der Waals surface area contributed by atoms with Crippen LogP contribution in [0.2, 0.25) is 0 Å². The molecule has 21 heavy (non-hydrogen) atoms. The Morgan fingerprint density at radius 3 is 2.48 bits per heavy atom. The summed E-state index contributed by atoms with van der Waals surface area (Å²) in [6.45, 7) is -1.77.